The molecule has 1 saturated heterocycles. The third-order valence-electron chi connectivity index (χ3n) is 5.16. The third kappa shape index (κ3) is 4.91. The lowest BCUT2D eigenvalue weighted by molar-refractivity contribution is 0.0668. The van der Waals surface area contributed by atoms with Gasteiger partial charge in [0.25, 0.3) is 0 Å². The lowest BCUT2D eigenvalue weighted by Gasteiger charge is -2.44. The number of hydrogen-bond donors (Lipinski definition) is 1. The van der Waals surface area contributed by atoms with Crippen LogP contribution in [-0.2, 0) is 6.54 Å². The standard InChI is InChI=1S/C22H25ClFN3O/c1-15-13-27(14-17-3-6-19(24)7-4-17)16(2)12-26(15)10-9-22(28)20-8-5-18(23)11-21(20)25/h3-11,15-16H,12-14,25H2,1-2H3/t15-,16+/m0/s1. The second-order valence-corrected chi connectivity index (χ2v) is 7.80. The van der Waals surface area contributed by atoms with E-state index in [1.165, 1.54) is 12.1 Å². The molecule has 0 saturated carbocycles. The van der Waals surface area contributed by atoms with E-state index < -0.39 is 0 Å². The van der Waals surface area contributed by atoms with Crippen LogP contribution in [0.2, 0.25) is 5.02 Å². The highest BCUT2D eigenvalue weighted by atomic mass is 35.5. The lowest BCUT2D eigenvalue weighted by Crippen LogP contribution is -2.54. The minimum Gasteiger partial charge on any atom is -0.398 e. The molecule has 4 nitrogen and oxygen atoms in total. The number of hydrogen-bond acceptors (Lipinski definition) is 4. The van der Waals surface area contributed by atoms with E-state index >= 15 is 0 Å². The van der Waals surface area contributed by atoms with Crippen molar-refractivity contribution >= 4 is 23.1 Å². The summed E-state index contributed by atoms with van der Waals surface area (Å²) < 4.78 is 13.1. The Kier molecular flexibility index (Phi) is 6.37. The van der Waals surface area contributed by atoms with Crippen LogP contribution in [0, 0.1) is 5.82 Å². The zero-order valence-corrected chi connectivity index (χ0v) is 16.9. The lowest BCUT2D eigenvalue weighted by atomic mass is 10.1. The van der Waals surface area contributed by atoms with Crippen LogP contribution in [0.5, 0.6) is 0 Å². The Morgan fingerprint density at radius 1 is 1.18 bits per heavy atom. The van der Waals surface area contributed by atoms with Gasteiger partial charge in [-0.25, -0.2) is 4.39 Å². The average Bonchev–Trinajstić information content (AvgIpc) is 2.65. The maximum absolute atomic E-state index is 13.1. The van der Waals surface area contributed by atoms with Crippen molar-refractivity contribution in [1.29, 1.82) is 0 Å². The van der Waals surface area contributed by atoms with E-state index in [0.717, 1.165) is 25.2 Å². The Labute approximate surface area is 170 Å². The van der Waals surface area contributed by atoms with Crippen molar-refractivity contribution in [2.75, 3.05) is 18.8 Å². The molecule has 28 heavy (non-hydrogen) atoms. The number of allylic oxidation sites excluding steroid dienone is 1. The van der Waals surface area contributed by atoms with Crippen LogP contribution in [0.3, 0.4) is 0 Å². The molecule has 1 heterocycles. The zero-order chi connectivity index (χ0) is 20.3. The van der Waals surface area contributed by atoms with Crippen LogP contribution < -0.4 is 5.73 Å². The molecule has 0 radical (unpaired) electrons. The minimum atomic E-state index is -0.217. The number of anilines is 1. The number of nitrogen functional groups attached to an aromatic ring is 1. The van der Waals surface area contributed by atoms with Crippen LogP contribution >= 0.6 is 11.6 Å². The van der Waals surface area contributed by atoms with E-state index in [1.807, 2.05) is 18.3 Å². The molecule has 0 unspecified atom stereocenters. The van der Waals surface area contributed by atoms with Crippen LogP contribution in [0.4, 0.5) is 10.1 Å². The Morgan fingerprint density at radius 2 is 1.89 bits per heavy atom. The number of piperazine rings is 1. The van der Waals surface area contributed by atoms with E-state index in [4.69, 9.17) is 17.3 Å². The second kappa shape index (κ2) is 8.76. The SMILES string of the molecule is C[C@@H]1CN(C=CC(=O)c2ccc(Cl)cc2N)[C@@H](C)CN1Cc1ccc(F)cc1. The molecule has 3 rings (SSSR count). The molecule has 2 atom stereocenters. The number of nitrogens with zero attached hydrogens (tertiary/aromatic N) is 2. The molecular formula is C22H25ClFN3O. The van der Waals surface area contributed by atoms with Crippen molar-refractivity contribution in [3.8, 4) is 0 Å². The van der Waals surface area contributed by atoms with Gasteiger partial charge in [0.1, 0.15) is 5.82 Å². The number of benzene rings is 2. The van der Waals surface area contributed by atoms with Crippen molar-refractivity contribution in [2.45, 2.75) is 32.5 Å². The largest absolute Gasteiger partial charge is 0.398 e. The maximum atomic E-state index is 13.1. The van der Waals surface area contributed by atoms with Crippen LogP contribution in [-0.4, -0.2) is 40.8 Å². The quantitative estimate of drug-likeness (QED) is 0.459. The number of carbonyl (C=O) groups excluding carboxylic acids is 1. The van der Waals surface area contributed by atoms with Crippen LogP contribution in [0.1, 0.15) is 29.8 Å². The number of rotatable bonds is 5. The summed E-state index contributed by atoms with van der Waals surface area (Å²) in [4.78, 5) is 17.0. The summed E-state index contributed by atoms with van der Waals surface area (Å²) in [5.41, 5.74) is 7.83. The Balaban J connectivity index is 1.62. The van der Waals surface area contributed by atoms with Gasteiger partial charge < -0.3 is 10.6 Å². The molecule has 6 heteroatoms. The van der Waals surface area contributed by atoms with Crippen LogP contribution in [0.15, 0.2) is 54.7 Å². The molecule has 0 bridgehead atoms. The summed E-state index contributed by atoms with van der Waals surface area (Å²) in [6.45, 7) is 6.75. The summed E-state index contributed by atoms with van der Waals surface area (Å²) in [5, 5.41) is 0.512. The van der Waals surface area contributed by atoms with Gasteiger partial charge in [-0.2, -0.15) is 0 Å². The van der Waals surface area contributed by atoms with E-state index in [-0.39, 0.29) is 17.6 Å². The van der Waals surface area contributed by atoms with Crippen molar-refractivity contribution in [2.24, 2.45) is 0 Å². The first-order chi connectivity index (χ1) is 13.3. The molecule has 1 aliphatic heterocycles. The number of halogens is 2. The molecule has 0 aromatic heterocycles. The minimum absolute atomic E-state index is 0.136. The smallest absolute Gasteiger partial charge is 0.189 e. The fourth-order valence-electron chi connectivity index (χ4n) is 3.49. The van der Waals surface area contributed by atoms with Gasteiger partial charge in [0.15, 0.2) is 5.78 Å². The monoisotopic (exact) mass is 401 g/mol. The zero-order valence-electron chi connectivity index (χ0n) is 16.1. The highest BCUT2D eigenvalue weighted by Gasteiger charge is 2.27. The van der Waals surface area contributed by atoms with Gasteiger partial charge in [-0.3, -0.25) is 9.69 Å². The summed E-state index contributed by atoms with van der Waals surface area (Å²) in [7, 11) is 0. The van der Waals surface area contributed by atoms with E-state index in [2.05, 4.69) is 23.6 Å². The highest BCUT2D eigenvalue weighted by molar-refractivity contribution is 6.31. The first-order valence-corrected chi connectivity index (χ1v) is 9.73. The van der Waals surface area contributed by atoms with Gasteiger partial charge in [0.05, 0.1) is 0 Å². The van der Waals surface area contributed by atoms with Gasteiger partial charge >= 0.3 is 0 Å². The molecule has 0 aliphatic carbocycles. The van der Waals surface area contributed by atoms with E-state index in [0.29, 0.717) is 22.3 Å². The van der Waals surface area contributed by atoms with Gasteiger partial charge in [-0.1, -0.05) is 23.7 Å². The molecule has 148 valence electrons. The summed E-state index contributed by atoms with van der Waals surface area (Å²) in [5.74, 6) is -0.353. The van der Waals surface area contributed by atoms with Gasteiger partial charge in [-0.15, -0.1) is 0 Å². The number of nitrogens with two attached hydrogens (primary N) is 1. The van der Waals surface area contributed by atoms with Gasteiger partial charge in [-0.05, 0) is 49.7 Å². The summed E-state index contributed by atoms with van der Waals surface area (Å²) >= 11 is 5.89. The van der Waals surface area contributed by atoms with Crippen molar-refractivity contribution < 1.29 is 9.18 Å². The topological polar surface area (TPSA) is 49.6 Å². The normalized spacial score (nSPS) is 20.6. The first kappa shape index (κ1) is 20.4. The predicted octanol–water partition coefficient (Wildman–Crippen LogP) is 4.35. The van der Waals surface area contributed by atoms with Gasteiger partial charge in [0.2, 0.25) is 0 Å². The van der Waals surface area contributed by atoms with E-state index in [9.17, 15) is 9.18 Å². The first-order valence-electron chi connectivity index (χ1n) is 9.35. The predicted molar refractivity (Wildman–Crippen MR) is 112 cm³/mol. The molecule has 1 fully saturated rings. The average molecular weight is 402 g/mol. The van der Waals surface area contributed by atoms with Crippen molar-refractivity contribution in [1.82, 2.24) is 9.80 Å². The molecule has 2 aromatic carbocycles. The molecule has 0 spiro atoms. The second-order valence-electron chi connectivity index (χ2n) is 7.36. The Hall–Kier alpha value is -2.37. The molecule has 2 N–H and O–H groups in total. The van der Waals surface area contributed by atoms with E-state index in [1.54, 1.807) is 24.3 Å². The maximum Gasteiger partial charge on any atom is 0.189 e. The molecule has 0 amide bonds. The Bertz CT molecular complexity index is 869. The van der Waals surface area contributed by atoms with Crippen molar-refractivity contribution in [3.05, 3.63) is 76.7 Å². The third-order valence-corrected chi connectivity index (χ3v) is 5.39. The molecular weight excluding hydrogens is 377 g/mol. The van der Waals surface area contributed by atoms with Crippen molar-refractivity contribution in [3.63, 3.8) is 0 Å². The number of ketones is 1. The summed E-state index contributed by atoms with van der Waals surface area (Å²) in [6, 6.07) is 12.1. The Morgan fingerprint density at radius 3 is 2.57 bits per heavy atom. The molecule has 2 aromatic rings. The number of carbonyl (C=O) groups is 1. The molecule has 1 aliphatic rings. The summed E-state index contributed by atoms with van der Waals surface area (Å²) in [6.07, 6.45) is 3.42. The van der Waals surface area contributed by atoms with Gasteiger partial charge in [0, 0.05) is 60.3 Å². The highest BCUT2D eigenvalue weighted by Crippen LogP contribution is 2.21. The fraction of sp³-hybridized carbons (Fsp3) is 0.318. The van der Waals surface area contributed by atoms with Crippen LogP contribution in [0.25, 0.3) is 0 Å². The fourth-order valence-corrected chi connectivity index (χ4v) is 3.67.